The van der Waals surface area contributed by atoms with Gasteiger partial charge in [-0.2, -0.15) is 0 Å². The summed E-state index contributed by atoms with van der Waals surface area (Å²) < 4.78 is 0. The summed E-state index contributed by atoms with van der Waals surface area (Å²) in [6.45, 7) is 11.5. The molecule has 0 radical (unpaired) electrons. The minimum Gasteiger partial charge on any atom is -0.306 e. The normalized spacial score (nSPS) is 29.2. The molecule has 0 aromatic carbocycles. The van der Waals surface area contributed by atoms with Gasteiger partial charge in [0.15, 0.2) is 0 Å². The summed E-state index contributed by atoms with van der Waals surface area (Å²) >= 11 is 0. The van der Waals surface area contributed by atoms with Gasteiger partial charge in [0.25, 0.3) is 0 Å². The summed E-state index contributed by atoms with van der Waals surface area (Å²) in [7, 11) is 4.30. The largest absolute Gasteiger partial charge is 0.306 e. The first kappa shape index (κ1) is 16.7. The first-order chi connectivity index (χ1) is 10.7. The van der Waals surface area contributed by atoms with E-state index in [2.05, 4.69) is 32.2 Å². The predicted molar refractivity (Wildman–Crippen MR) is 91.9 cm³/mol. The van der Waals surface area contributed by atoms with Gasteiger partial charge in [-0.1, -0.05) is 0 Å². The van der Waals surface area contributed by atoms with Crippen molar-refractivity contribution in [3.63, 3.8) is 0 Å². The Morgan fingerprint density at radius 3 is 2.05 bits per heavy atom. The van der Waals surface area contributed by atoms with Crippen molar-refractivity contribution < 1.29 is 0 Å². The SMILES string of the molecule is CNN1CCC(CN2CCN(C3CCN(C)CC3)CC2)CC1. The number of hydrazine groups is 1. The van der Waals surface area contributed by atoms with Gasteiger partial charge in [0.05, 0.1) is 0 Å². The molecule has 3 fully saturated rings. The molecule has 3 aliphatic heterocycles. The number of nitrogens with one attached hydrogen (secondary N) is 1. The van der Waals surface area contributed by atoms with Crippen molar-refractivity contribution in [3.05, 3.63) is 0 Å². The molecular formula is C17H35N5. The van der Waals surface area contributed by atoms with Crippen molar-refractivity contribution in [1.29, 1.82) is 0 Å². The minimum atomic E-state index is 0.859. The summed E-state index contributed by atoms with van der Waals surface area (Å²) in [4.78, 5) is 7.97. The van der Waals surface area contributed by atoms with Gasteiger partial charge >= 0.3 is 0 Å². The van der Waals surface area contributed by atoms with E-state index < -0.39 is 0 Å². The smallest absolute Gasteiger partial charge is 0.0134 e. The van der Waals surface area contributed by atoms with Crippen LogP contribution in [0.2, 0.25) is 0 Å². The van der Waals surface area contributed by atoms with Gasteiger partial charge in [-0.05, 0) is 58.8 Å². The zero-order valence-corrected chi connectivity index (χ0v) is 14.6. The van der Waals surface area contributed by atoms with Gasteiger partial charge in [0, 0.05) is 51.9 Å². The van der Waals surface area contributed by atoms with Crippen LogP contribution in [-0.4, -0.2) is 98.7 Å². The maximum Gasteiger partial charge on any atom is 0.0134 e. The summed E-state index contributed by atoms with van der Waals surface area (Å²) in [6.07, 6.45) is 5.46. The van der Waals surface area contributed by atoms with Gasteiger partial charge in [-0.15, -0.1) is 0 Å². The van der Waals surface area contributed by atoms with Gasteiger partial charge in [-0.25, -0.2) is 5.01 Å². The molecule has 0 spiro atoms. The summed E-state index contributed by atoms with van der Waals surface area (Å²) in [6, 6.07) is 0.859. The third-order valence-electron chi connectivity index (χ3n) is 6.06. The molecule has 3 rings (SSSR count). The Labute approximate surface area is 136 Å². The highest BCUT2D eigenvalue weighted by Gasteiger charge is 2.28. The van der Waals surface area contributed by atoms with Crippen LogP contribution in [0.15, 0.2) is 0 Å². The predicted octanol–water partition coefficient (Wildman–Crippen LogP) is 0.545. The van der Waals surface area contributed by atoms with Gasteiger partial charge in [0.1, 0.15) is 0 Å². The van der Waals surface area contributed by atoms with Crippen LogP contribution in [0.1, 0.15) is 25.7 Å². The van der Waals surface area contributed by atoms with Crippen LogP contribution in [0.3, 0.4) is 0 Å². The molecule has 0 atom stereocenters. The van der Waals surface area contributed by atoms with E-state index in [1.807, 2.05) is 7.05 Å². The maximum absolute atomic E-state index is 3.28. The Morgan fingerprint density at radius 1 is 0.818 bits per heavy atom. The highest BCUT2D eigenvalue weighted by Crippen LogP contribution is 2.20. The molecule has 22 heavy (non-hydrogen) atoms. The van der Waals surface area contributed by atoms with Crippen LogP contribution >= 0.6 is 0 Å². The molecule has 3 aliphatic rings. The van der Waals surface area contributed by atoms with Crippen molar-refractivity contribution in [1.82, 2.24) is 25.1 Å². The Hall–Kier alpha value is -0.200. The molecule has 0 aromatic heterocycles. The van der Waals surface area contributed by atoms with Gasteiger partial charge < -0.3 is 9.80 Å². The maximum atomic E-state index is 3.28. The second kappa shape index (κ2) is 8.06. The second-order valence-corrected chi connectivity index (χ2v) is 7.53. The number of hydrogen-bond acceptors (Lipinski definition) is 5. The topological polar surface area (TPSA) is 25.0 Å². The molecule has 1 N–H and O–H groups in total. The lowest BCUT2D eigenvalue weighted by atomic mass is 9.96. The number of likely N-dealkylation sites (tertiary alicyclic amines) is 1. The number of piperazine rings is 1. The number of nitrogens with zero attached hydrogens (tertiary/aromatic N) is 4. The van der Waals surface area contributed by atoms with E-state index in [9.17, 15) is 0 Å². The molecular weight excluding hydrogens is 274 g/mol. The van der Waals surface area contributed by atoms with E-state index in [1.165, 1.54) is 84.6 Å². The zero-order valence-electron chi connectivity index (χ0n) is 14.6. The van der Waals surface area contributed by atoms with Crippen LogP contribution in [0, 0.1) is 5.92 Å². The van der Waals surface area contributed by atoms with E-state index in [4.69, 9.17) is 0 Å². The standard InChI is InChI=1S/C17H35N5/c1-18-22-9-3-16(4-10-22)15-20-11-13-21(14-12-20)17-5-7-19(2)8-6-17/h16-18H,3-15H2,1-2H3. The summed E-state index contributed by atoms with van der Waals surface area (Å²) in [5, 5.41) is 2.36. The average molecular weight is 310 g/mol. The molecule has 3 heterocycles. The van der Waals surface area contributed by atoms with Crippen molar-refractivity contribution in [2.75, 3.05) is 73.0 Å². The Morgan fingerprint density at radius 2 is 1.45 bits per heavy atom. The van der Waals surface area contributed by atoms with Crippen molar-refractivity contribution >= 4 is 0 Å². The molecule has 5 heteroatoms. The van der Waals surface area contributed by atoms with Crippen LogP contribution in [0.5, 0.6) is 0 Å². The fourth-order valence-electron chi connectivity index (χ4n) is 4.38. The fraction of sp³-hybridized carbons (Fsp3) is 1.00. The molecule has 5 nitrogen and oxygen atoms in total. The zero-order chi connectivity index (χ0) is 15.4. The number of piperidine rings is 2. The molecule has 0 unspecified atom stereocenters. The Kier molecular flexibility index (Phi) is 6.10. The van der Waals surface area contributed by atoms with Crippen molar-refractivity contribution in [2.45, 2.75) is 31.7 Å². The minimum absolute atomic E-state index is 0.859. The lowest BCUT2D eigenvalue weighted by Crippen LogP contribution is -2.54. The summed E-state index contributed by atoms with van der Waals surface area (Å²) in [5.41, 5.74) is 3.28. The van der Waals surface area contributed by atoms with Crippen LogP contribution < -0.4 is 5.43 Å². The molecule has 0 amide bonds. The third kappa shape index (κ3) is 4.42. The Bertz CT molecular complexity index is 313. The van der Waals surface area contributed by atoms with E-state index in [0.717, 1.165) is 12.0 Å². The fourth-order valence-corrected chi connectivity index (χ4v) is 4.38. The average Bonchev–Trinajstić information content (AvgIpc) is 2.57. The summed E-state index contributed by atoms with van der Waals surface area (Å²) in [5.74, 6) is 0.916. The lowest BCUT2D eigenvalue weighted by molar-refractivity contribution is 0.0482. The van der Waals surface area contributed by atoms with Crippen LogP contribution in [0.25, 0.3) is 0 Å². The highest BCUT2D eigenvalue weighted by molar-refractivity contribution is 4.84. The molecule has 128 valence electrons. The molecule has 3 saturated heterocycles. The second-order valence-electron chi connectivity index (χ2n) is 7.53. The highest BCUT2D eigenvalue weighted by atomic mass is 15.5. The van der Waals surface area contributed by atoms with E-state index in [-0.39, 0.29) is 0 Å². The van der Waals surface area contributed by atoms with Gasteiger partial charge in [-0.3, -0.25) is 10.3 Å². The molecule has 0 aromatic rings. The van der Waals surface area contributed by atoms with E-state index >= 15 is 0 Å². The van der Waals surface area contributed by atoms with Crippen LogP contribution in [-0.2, 0) is 0 Å². The lowest BCUT2D eigenvalue weighted by Gasteiger charge is -2.43. The van der Waals surface area contributed by atoms with E-state index in [1.54, 1.807) is 0 Å². The Balaban J connectivity index is 1.35. The van der Waals surface area contributed by atoms with Crippen molar-refractivity contribution in [2.24, 2.45) is 5.92 Å². The van der Waals surface area contributed by atoms with E-state index in [0.29, 0.717) is 0 Å². The molecule has 0 saturated carbocycles. The van der Waals surface area contributed by atoms with Crippen LogP contribution in [0.4, 0.5) is 0 Å². The first-order valence-corrected chi connectivity index (χ1v) is 9.32. The first-order valence-electron chi connectivity index (χ1n) is 9.32. The quantitative estimate of drug-likeness (QED) is 0.818. The monoisotopic (exact) mass is 309 g/mol. The number of rotatable bonds is 4. The molecule has 0 bridgehead atoms. The van der Waals surface area contributed by atoms with Gasteiger partial charge in [0.2, 0.25) is 0 Å². The third-order valence-corrected chi connectivity index (χ3v) is 6.06. The molecule has 0 aliphatic carbocycles. The van der Waals surface area contributed by atoms with Crippen molar-refractivity contribution in [3.8, 4) is 0 Å². The number of hydrogen-bond donors (Lipinski definition) is 1.